The fraction of sp³-hybridized carbons (Fsp3) is 0.571. The third-order valence-electron chi connectivity index (χ3n) is 3.71. The molecule has 3 rings (SSSR count). The maximum Gasteiger partial charge on any atom is 0.161 e. The molecule has 0 bridgehead atoms. The molecule has 0 radical (unpaired) electrons. The zero-order valence-electron chi connectivity index (χ0n) is 10.6. The summed E-state index contributed by atoms with van der Waals surface area (Å²) in [6, 6.07) is 6.00. The molecule has 1 aliphatic heterocycles. The van der Waals surface area contributed by atoms with Crippen LogP contribution < -0.4 is 15.2 Å². The van der Waals surface area contributed by atoms with Gasteiger partial charge in [-0.2, -0.15) is 0 Å². The van der Waals surface area contributed by atoms with Crippen LogP contribution in [0.4, 0.5) is 0 Å². The number of ether oxygens (including phenoxy) is 3. The topological polar surface area (TPSA) is 53.7 Å². The minimum Gasteiger partial charge on any atom is -0.493 e. The second kappa shape index (κ2) is 4.44. The van der Waals surface area contributed by atoms with Gasteiger partial charge < -0.3 is 19.9 Å². The summed E-state index contributed by atoms with van der Waals surface area (Å²) in [6.45, 7) is 1.43. The van der Waals surface area contributed by atoms with Crippen molar-refractivity contribution in [1.82, 2.24) is 0 Å². The Kier molecular flexibility index (Phi) is 2.92. The normalized spacial score (nSPS) is 24.9. The molecular weight excluding hydrogens is 230 g/mol. The van der Waals surface area contributed by atoms with E-state index in [9.17, 15) is 0 Å². The quantitative estimate of drug-likeness (QED) is 0.884. The highest BCUT2D eigenvalue weighted by Crippen LogP contribution is 2.45. The van der Waals surface area contributed by atoms with Crippen molar-refractivity contribution in [3.63, 3.8) is 0 Å². The maximum absolute atomic E-state index is 6.19. The summed E-state index contributed by atoms with van der Waals surface area (Å²) in [5, 5.41) is 0. The van der Waals surface area contributed by atoms with Crippen LogP contribution in [0, 0.1) is 0 Å². The molecule has 1 aliphatic carbocycles. The number of methoxy groups -OCH3 is 1. The number of hydrogen-bond donors (Lipinski definition) is 1. The molecular formula is C14H19NO3. The van der Waals surface area contributed by atoms with Gasteiger partial charge in [-0.15, -0.1) is 0 Å². The molecule has 2 fully saturated rings. The smallest absolute Gasteiger partial charge is 0.161 e. The number of hydrogen-bond acceptors (Lipinski definition) is 4. The molecule has 0 amide bonds. The van der Waals surface area contributed by atoms with Crippen LogP contribution in [0.5, 0.6) is 11.5 Å². The van der Waals surface area contributed by atoms with Crippen molar-refractivity contribution in [2.75, 3.05) is 20.3 Å². The molecule has 1 atom stereocenters. The molecule has 1 aromatic rings. The van der Waals surface area contributed by atoms with Gasteiger partial charge in [-0.1, -0.05) is 6.07 Å². The third kappa shape index (κ3) is 2.18. The standard InChI is InChI=1S/C14H19NO3/c1-16-13-8-10(14(15)5-6-14)2-3-12(13)18-11-4-7-17-9-11/h2-3,8,11H,4-7,9,15H2,1H3. The third-order valence-corrected chi connectivity index (χ3v) is 3.71. The number of benzene rings is 1. The number of nitrogens with two attached hydrogens (primary N) is 1. The van der Waals surface area contributed by atoms with E-state index >= 15 is 0 Å². The van der Waals surface area contributed by atoms with Gasteiger partial charge in [0.25, 0.3) is 0 Å². The van der Waals surface area contributed by atoms with Gasteiger partial charge in [0, 0.05) is 12.0 Å². The fourth-order valence-corrected chi connectivity index (χ4v) is 2.28. The van der Waals surface area contributed by atoms with Gasteiger partial charge in [0.05, 0.1) is 20.3 Å². The molecule has 4 nitrogen and oxygen atoms in total. The van der Waals surface area contributed by atoms with Gasteiger partial charge in [-0.3, -0.25) is 0 Å². The summed E-state index contributed by atoms with van der Waals surface area (Å²) >= 11 is 0. The summed E-state index contributed by atoms with van der Waals surface area (Å²) in [5.74, 6) is 1.54. The summed E-state index contributed by atoms with van der Waals surface area (Å²) < 4.78 is 16.6. The molecule has 2 aliphatic rings. The van der Waals surface area contributed by atoms with Crippen molar-refractivity contribution in [2.24, 2.45) is 5.73 Å². The van der Waals surface area contributed by atoms with Crippen LogP contribution in [0.1, 0.15) is 24.8 Å². The first kappa shape index (κ1) is 11.8. The zero-order valence-corrected chi connectivity index (χ0v) is 10.6. The Bertz CT molecular complexity index is 437. The molecule has 1 unspecified atom stereocenters. The SMILES string of the molecule is COc1cc(C2(N)CC2)ccc1OC1CCOC1. The molecule has 1 heterocycles. The first-order valence-corrected chi connectivity index (χ1v) is 6.43. The highest BCUT2D eigenvalue weighted by Gasteiger charge is 2.40. The van der Waals surface area contributed by atoms with Crippen LogP contribution in [0.2, 0.25) is 0 Å². The second-order valence-corrected chi connectivity index (χ2v) is 5.13. The van der Waals surface area contributed by atoms with E-state index in [1.165, 1.54) is 0 Å². The van der Waals surface area contributed by atoms with Gasteiger partial charge >= 0.3 is 0 Å². The predicted octanol–water partition coefficient (Wildman–Crippen LogP) is 1.81. The van der Waals surface area contributed by atoms with E-state index in [2.05, 4.69) is 0 Å². The van der Waals surface area contributed by atoms with Crippen LogP contribution in [-0.2, 0) is 10.3 Å². The zero-order chi connectivity index (χ0) is 12.6. The molecule has 0 aromatic heterocycles. The van der Waals surface area contributed by atoms with E-state index < -0.39 is 0 Å². The number of rotatable bonds is 4. The molecule has 4 heteroatoms. The first-order chi connectivity index (χ1) is 8.71. The average Bonchev–Trinajstić information content (AvgIpc) is 2.93. The highest BCUT2D eigenvalue weighted by molar-refractivity contribution is 5.46. The Labute approximate surface area is 107 Å². The largest absolute Gasteiger partial charge is 0.493 e. The second-order valence-electron chi connectivity index (χ2n) is 5.13. The summed E-state index contributed by atoms with van der Waals surface area (Å²) in [7, 11) is 1.66. The van der Waals surface area contributed by atoms with E-state index in [1.807, 2.05) is 18.2 Å². The molecule has 2 N–H and O–H groups in total. The molecule has 1 saturated carbocycles. The minimum atomic E-state index is -0.137. The van der Waals surface area contributed by atoms with Crippen LogP contribution in [0.3, 0.4) is 0 Å². The van der Waals surface area contributed by atoms with Crippen LogP contribution in [0.15, 0.2) is 18.2 Å². The molecule has 18 heavy (non-hydrogen) atoms. The van der Waals surface area contributed by atoms with Crippen molar-refractivity contribution in [1.29, 1.82) is 0 Å². The summed E-state index contributed by atoms with van der Waals surface area (Å²) in [5.41, 5.74) is 7.19. The van der Waals surface area contributed by atoms with Gasteiger partial charge in [0.15, 0.2) is 11.5 Å². The van der Waals surface area contributed by atoms with E-state index in [1.54, 1.807) is 7.11 Å². The molecule has 98 valence electrons. The Balaban J connectivity index is 1.80. The van der Waals surface area contributed by atoms with E-state index in [-0.39, 0.29) is 11.6 Å². The highest BCUT2D eigenvalue weighted by atomic mass is 16.6. The minimum absolute atomic E-state index is 0.137. The van der Waals surface area contributed by atoms with Crippen molar-refractivity contribution in [3.05, 3.63) is 23.8 Å². The summed E-state index contributed by atoms with van der Waals surface area (Å²) in [6.07, 6.45) is 3.17. The lowest BCUT2D eigenvalue weighted by Crippen LogP contribution is -2.19. The van der Waals surface area contributed by atoms with Crippen molar-refractivity contribution in [3.8, 4) is 11.5 Å². The van der Waals surface area contributed by atoms with E-state index in [0.29, 0.717) is 6.61 Å². The van der Waals surface area contributed by atoms with Gasteiger partial charge in [0.2, 0.25) is 0 Å². The fourth-order valence-electron chi connectivity index (χ4n) is 2.28. The van der Waals surface area contributed by atoms with Crippen LogP contribution in [-0.4, -0.2) is 26.4 Å². The van der Waals surface area contributed by atoms with Crippen LogP contribution >= 0.6 is 0 Å². The van der Waals surface area contributed by atoms with Crippen molar-refractivity contribution < 1.29 is 14.2 Å². The Morgan fingerprint density at radius 1 is 1.33 bits per heavy atom. The lowest BCUT2D eigenvalue weighted by Gasteiger charge is -2.17. The van der Waals surface area contributed by atoms with Crippen molar-refractivity contribution >= 4 is 0 Å². The van der Waals surface area contributed by atoms with Gasteiger partial charge in [0.1, 0.15) is 6.10 Å². The van der Waals surface area contributed by atoms with Gasteiger partial charge in [-0.05, 0) is 30.5 Å². The monoisotopic (exact) mass is 249 g/mol. The van der Waals surface area contributed by atoms with Crippen LogP contribution in [0.25, 0.3) is 0 Å². The summed E-state index contributed by atoms with van der Waals surface area (Å²) in [4.78, 5) is 0. The van der Waals surface area contributed by atoms with E-state index in [0.717, 1.165) is 42.9 Å². The molecule has 0 spiro atoms. The Hall–Kier alpha value is -1.26. The lowest BCUT2D eigenvalue weighted by molar-refractivity contribution is 0.138. The molecule has 1 saturated heterocycles. The molecule has 1 aromatic carbocycles. The first-order valence-electron chi connectivity index (χ1n) is 6.43. The van der Waals surface area contributed by atoms with Gasteiger partial charge in [-0.25, -0.2) is 0 Å². The predicted molar refractivity (Wildman–Crippen MR) is 67.9 cm³/mol. The average molecular weight is 249 g/mol. The van der Waals surface area contributed by atoms with E-state index in [4.69, 9.17) is 19.9 Å². The Morgan fingerprint density at radius 3 is 2.78 bits per heavy atom. The maximum atomic E-state index is 6.19. The Morgan fingerprint density at radius 2 is 2.17 bits per heavy atom. The van der Waals surface area contributed by atoms with Crippen molar-refractivity contribution in [2.45, 2.75) is 30.9 Å². The lowest BCUT2D eigenvalue weighted by atomic mass is 10.1.